The van der Waals surface area contributed by atoms with Crippen LogP contribution in [0.15, 0.2) is 92.4 Å². The molecule has 0 aromatic heterocycles. The molecule has 0 aliphatic carbocycles. The number of aliphatic imine (C=N–C) groups is 1. The molecule has 37 heavy (non-hydrogen) atoms. The van der Waals surface area contributed by atoms with Crippen LogP contribution in [0.1, 0.15) is 18.1 Å². The number of esters is 1. The van der Waals surface area contributed by atoms with Crippen molar-refractivity contribution in [1.29, 1.82) is 0 Å². The molecule has 0 saturated heterocycles. The highest BCUT2D eigenvalue weighted by atomic mass is 79.9. The number of carbonyl (C=O) groups is 1. The molecule has 1 aliphatic rings. The summed E-state index contributed by atoms with van der Waals surface area (Å²) in [6.07, 6.45) is 1.75. The molecular weight excluding hydrogens is 578 g/mol. The number of aliphatic hydroxyl groups excluding tert-OH is 1. The lowest BCUT2D eigenvalue weighted by Gasteiger charge is -2.14. The van der Waals surface area contributed by atoms with Crippen LogP contribution in [0.4, 0.5) is 5.69 Å². The second kappa shape index (κ2) is 12.4. The van der Waals surface area contributed by atoms with Crippen LogP contribution < -0.4 is 9.47 Å². The lowest BCUT2D eigenvalue weighted by Crippen LogP contribution is -2.12. The van der Waals surface area contributed by atoms with Crippen LogP contribution in [0.25, 0.3) is 6.08 Å². The van der Waals surface area contributed by atoms with Crippen molar-refractivity contribution in [3.8, 4) is 11.5 Å². The predicted octanol–water partition coefficient (Wildman–Crippen LogP) is 7.88. The van der Waals surface area contributed by atoms with Crippen LogP contribution in [0, 0.1) is 0 Å². The summed E-state index contributed by atoms with van der Waals surface area (Å²) in [5.41, 5.74) is 2.25. The lowest BCUT2D eigenvalue weighted by atomic mass is 10.1. The Hall–Kier alpha value is -3.20. The van der Waals surface area contributed by atoms with Crippen molar-refractivity contribution in [2.45, 2.75) is 13.5 Å². The van der Waals surface area contributed by atoms with Crippen molar-refractivity contribution in [1.82, 2.24) is 0 Å². The van der Waals surface area contributed by atoms with E-state index in [1.54, 1.807) is 32.2 Å². The fourth-order valence-electron chi connectivity index (χ4n) is 3.49. The van der Waals surface area contributed by atoms with E-state index in [1.807, 2.05) is 54.6 Å². The van der Waals surface area contributed by atoms with Gasteiger partial charge in [-0.2, -0.15) is 0 Å². The molecule has 0 amide bonds. The molecule has 4 rings (SSSR count). The van der Waals surface area contributed by atoms with Gasteiger partial charge in [0.1, 0.15) is 23.0 Å². The molecule has 0 spiro atoms. The number of aliphatic hydroxyl groups is 1. The minimum absolute atomic E-state index is 0.0349. The van der Waals surface area contributed by atoms with Gasteiger partial charge in [0.15, 0.2) is 11.5 Å². The summed E-state index contributed by atoms with van der Waals surface area (Å²) in [7, 11) is 1.55. The fraction of sp³-hybridized carbons (Fsp3) is 0.143. The van der Waals surface area contributed by atoms with Gasteiger partial charge in [-0.1, -0.05) is 59.8 Å². The maximum Gasteiger partial charge on any atom is 0.344 e. The number of para-hydroxylation sites is 1. The maximum atomic E-state index is 12.7. The average molecular weight is 601 g/mol. The van der Waals surface area contributed by atoms with Gasteiger partial charge in [-0.05, 0) is 64.8 Å². The summed E-state index contributed by atoms with van der Waals surface area (Å²) >= 11 is 11.0. The second-order valence-corrected chi connectivity index (χ2v) is 10.0. The van der Waals surface area contributed by atoms with Crippen molar-refractivity contribution >= 4 is 62.1 Å². The van der Waals surface area contributed by atoms with E-state index in [1.165, 1.54) is 11.8 Å². The van der Waals surface area contributed by atoms with E-state index in [-0.39, 0.29) is 24.5 Å². The molecule has 190 valence electrons. The minimum Gasteiger partial charge on any atom is -0.506 e. The molecule has 1 aliphatic heterocycles. The molecule has 0 unspecified atom stereocenters. The molecule has 1 N–H and O–H groups in total. The standard InChI is InChI=1S/C28H23BrClNO5S/c1-3-35-28(33)24-25(32)23(37-27(24)31-19-10-5-4-6-11-19)15-17-13-20(29)26(22(14-17)34-2)36-16-18-9-7-8-12-21(18)30/h4-15,32H,3,16H2,1-2H3/b23-15-,31-27?. The van der Waals surface area contributed by atoms with Crippen molar-refractivity contribution in [2.24, 2.45) is 4.99 Å². The van der Waals surface area contributed by atoms with E-state index >= 15 is 0 Å². The second-order valence-electron chi connectivity index (χ2n) is 7.72. The Kier molecular flexibility index (Phi) is 8.97. The largest absolute Gasteiger partial charge is 0.506 e. The van der Waals surface area contributed by atoms with Gasteiger partial charge in [0, 0.05) is 10.6 Å². The molecule has 0 fully saturated rings. The van der Waals surface area contributed by atoms with Gasteiger partial charge in [-0.25, -0.2) is 9.79 Å². The SMILES string of the molecule is CCOC(=O)C1=C(O)/C(=C/c2cc(Br)c(OCc3ccccc3Cl)c(OC)c2)SC1=Nc1ccccc1. The van der Waals surface area contributed by atoms with Gasteiger partial charge in [0.2, 0.25) is 0 Å². The first-order chi connectivity index (χ1) is 17.9. The van der Waals surface area contributed by atoms with E-state index < -0.39 is 5.97 Å². The van der Waals surface area contributed by atoms with Gasteiger partial charge in [0.05, 0.1) is 28.8 Å². The number of halogens is 2. The van der Waals surface area contributed by atoms with Crippen LogP contribution in [0.5, 0.6) is 11.5 Å². The molecule has 3 aromatic rings. The Labute approximate surface area is 232 Å². The molecule has 0 saturated carbocycles. The van der Waals surface area contributed by atoms with Gasteiger partial charge in [0.25, 0.3) is 0 Å². The monoisotopic (exact) mass is 599 g/mol. The third-order valence-electron chi connectivity index (χ3n) is 5.24. The minimum atomic E-state index is -0.632. The molecule has 0 radical (unpaired) electrons. The number of hydrogen-bond donors (Lipinski definition) is 1. The summed E-state index contributed by atoms with van der Waals surface area (Å²) < 4.78 is 17.4. The first kappa shape index (κ1) is 26.9. The summed E-state index contributed by atoms with van der Waals surface area (Å²) in [5.74, 6) is 0.186. The van der Waals surface area contributed by atoms with Crippen LogP contribution >= 0.6 is 39.3 Å². The fourth-order valence-corrected chi connectivity index (χ4v) is 5.29. The number of hydrogen-bond acceptors (Lipinski definition) is 7. The van der Waals surface area contributed by atoms with Crippen molar-refractivity contribution in [2.75, 3.05) is 13.7 Å². The highest BCUT2D eigenvalue weighted by molar-refractivity contribution is 9.10. The van der Waals surface area contributed by atoms with E-state index in [0.29, 0.717) is 42.2 Å². The Morgan fingerprint density at radius 1 is 1.14 bits per heavy atom. The van der Waals surface area contributed by atoms with E-state index in [0.717, 1.165) is 5.56 Å². The summed E-state index contributed by atoms with van der Waals surface area (Å²) in [5, 5.41) is 11.9. The number of methoxy groups -OCH3 is 1. The third-order valence-corrected chi connectivity index (χ3v) is 7.21. The predicted molar refractivity (Wildman–Crippen MR) is 152 cm³/mol. The first-order valence-corrected chi connectivity index (χ1v) is 13.3. The topological polar surface area (TPSA) is 77.4 Å². The Bertz CT molecular complexity index is 1400. The van der Waals surface area contributed by atoms with Crippen LogP contribution in [0.3, 0.4) is 0 Å². The molecule has 3 aromatic carbocycles. The maximum absolute atomic E-state index is 12.7. The molecule has 0 bridgehead atoms. The smallest absolute Gasteiger partial charge is 0.344 e. The number of rotatable bonds is 8. The van der Waals surface area contributed by atoms with Crippen LogP contribution in [0.2, 0.25) is 5.02 Å². The van der Waals surface area contributed by atoms with Gasteiger partial charge < -0.3 is 19.3 Å². The molecular formula is C28H23BrClNO5S. The number of ether oxygens (including phenoxy) is 3. The summed E-state index contributed by atoms with van der Waals surface area (Å²) in [6.45, 7) is 2.15. The van der Waals surface area contributed by atoms with Gasteiger partial charge in [-0.15, -0.1) is 0 Å². The van der Waals surface area contributed by atoms with E-state index in [9.17, 15) is 9.90 Å². The summed E-state index contributed by atoms with van der Waals surface area (Å²) in [4.78, 5) is 17.7. The van der Waals surface area contributed by atoms with Crippen molar-refractivity contribution in [3.05, 3.63) is 104 Å². The summed E-state index contributed by atoms with van der Waals surface area (Å²) in [6, 6.07) is 20.3. The van der Waals surface area contributed by atoms with Crippen molar-refractivity contribution in [3.63, 3.8) is 0 Å². The third kappa shape index (κ3) is 6.39. The number of nitrogens with zero attached hydrogens (tertiary/aromatic N) is 1. The normalized spacial score (nSPS) is 15.4. The quantitative estimate of drug-likeness (QED) is 0.265. The molecule has 0 atom stereocenters. The first-order valence-electron chi connectivity index (χ1n) is 11.3. The lowest BCUT2D eigenvalue weighted by molar-refractivity contribution is -0.138. The molecule has 6 nitrogen and oxygen atoms in total. The highest BCUT2D eigenvalue weighted by Crippen LogP contribution is 2.42. The molecule has 1 heterocycles. The Balaban J connectivity index is 1.67. The van der Waals surface area contributed by atoms with Gasteiger partial charge >= 0.3 is 5.97 Å². The zero-order valence-electron chi connectivity index (χ0n) is 20.0. The van der Waals surface area contributed by atoms with Crippen molar-refractivity contribution < 1.29 is 24.1 Å². The zero-order chi connectivity index (χ0) is 26.4. The Morgan fingerprint density at radius 2 is 1.86 bits per heavy atom. The number of thioether (sulfide) groups is 1. The van der Waals surface area contributed by atoms with E-state index in [2.05, 4.69) is 20.9 Å². The Morgan fingerprint density at radius 3 is 2.57 bits per heavy atom. The van der Waals surface area contributed by atoms with Crippen LogP contribution in [-0.2, 0) is 16.1 Å². The van der Waals surface area contributed by atoms with Gasteiger partial charge in [-0.3, -0.25) is 0 Å². The van der Waals surface area contributed by atoms with Crippen LogP contribution in [-0.4, -0.2) is 29.8 Å². The van der Waals surface area contributed by atoms with E-state index in [4.69, 9.17) is 25.8 Å². The highest BCUT2D eigenvalue weighted by Gasteiger charge is 2.33. The average Bonchev–Trinajstić information content (AvgIpc) is 3.18. The molecule has 9 heteroatoms. The number of carbonyl (C=O) groups excluding carboxylic acids is 1. The zero-order valence-corrected chi connectivity index (χ0v) is 23.2. The number of benzene rings is 3.